The number of thiophene rings is 1. The van der Waals surface area contributed by atoms with Crippen molar-refractivity contribution in [2.24, 2.45) is 0 Å². The van der Waals surface area contributed by atoms with Crippen molar-refractivity contribution in [3.63, 3.8) is 0 Å². The third kappa shape index (κ3) is 3.58. The molecule has 0 saturated carbocycles. The van der Waals surface area contributed by atoms with Gasteiger partial charge >= 0.3 is 0 Å². The highest BCUT2D eigenvalue weighted by molar-refractivity contribution is 7.09. The number of hydrogen-bond donors (Lipinski definition) is 0. The van der Waals surface area contributed by atoms with E-state index >= 15 is 0 Å². The van der Waals surface area contributed by atoms with Gasteiger partial charge in [0.05, 0.1) is 6.10 Å². The van der Waals surface area contributed by atoms with Crippen molar-refractivity contribution in [1.82, 2.24) is 4.90 Å². The molecule has 3 heteroatoms. The molecule has 1 saturated heterocycles. The summed E-state index contributed by atoms with van der Waals surface area (Å²) in [6, 6.07) is 4.35. The lowest BCUT2D eigenvalue weighted by atomic mass is 10.1. The Labute approximate surface area is 102 Å². The molecule has 1 atom stereocenters. The summed E-state index contributed by atoms with van der Waals surface area (Å²) in [5, 5.41) is 2.15. The molecule has 0 amide bonds. The zero-order chi connectivity index (χ0) is 11.2. The van der Waals surface area contributed by atoms with Crippen molar-refractivity contribution < 1.29 is 4.74 Å². The van der Waals surface area contributed by atoms with E-state index in [1.54, 1.807) is 0 Å². The van der Waals surface area contributed by atoms with E-state index in [4.69, 9.17) is 4.74 Å². The van der Waals surface area contributed by atoms with Gasteiger partial charge in [-0.25, -0.2) is 0 Å². The first-order valence-electron chi connectivity index (χ1n) is 6.25. The van der Waals surface area contributed by atoms with Crippen LogP contribution in [0.3, 0.4) is 0 Å². The Morgan fingerprint density at radius 2 is 2.44 bits per heavy atom. The van der Waals surface area contributed by atoms with Crippen molar-refractivity contribution in [2.75, 3.05) is 19.7 Å². The maximum atomic E-state index is 5.79. The van der Waals surface area contributed by atoms with Gasteiger partial charge in [0.15, 0.2) is 0 Å². The average Bonchev–Trinajstić information content (AvgIpc) is 2.82. The minimum Gasteiger partial charge on any atom is -0.377 e. The molecule has 1 aromatic heterocycles. The van der Waals surface area contributed by atoms with Crippen LogP contribution in [0.15, 0.2) is 17.5 Å². The van der Waals surface area contributed by atoms with Crippen LogP contribution in [0.1, 0.15) is 31.1 Å². The predicted molar refractivity (Wildman–Crippen MR) is 68.9 cm³/mol. The number of ether oxygens (including phenoxy) is 1. The van der Waals surface area contributed by atoms with Crippen molar-refractivity contribution in [3.8, 4) is 0 Å². The molecule has 0 aromatic carbocycles. The maximum absolute atomic E-state index is 5.79. The topological polar surface area (TPSA) is 12.5 Å². The molecule has 0 N–H and O–H groups in total. The lowest BCUT2D eigenvalue weighted by Gasteiger charge is -2.28. The van der Waals surface area contributed by atoms with Crippen LogP contribution in [-0.4, -0.2) is 30.7 Å². The van der Waals surface area contributed by atoms with E-state index in [0.717, 1.165) is 26.2 Å². The van der Waals surface area contributed by atoms with Crippen LogP contribution in [0.4, 0.5) is 0 Å². The van der Waals surface area contributed by atoms with Crippen molar-refractivity contribution >= 4 is 11.3 Å². The Kier molecular flexibility index (Phi) is 4.82. The maximum Gasteiger partial charge on any atom is 0.0702 e. The Bertz CT molecular complexity index is 280. The second-order valence-electron chi connectivity index (χ2n) is 4.40. The molecule has 2 rings (SSSR count). The molecular formula is C13H21NOS. The zero-order valence-corrected chi connectivity index (χ0v) is 10.8. The second-order valence-corrected chi connectivity index (χ2v) is 5.43. The highest BCUT2D eigenvalue weighted by Crippen LogP contribution is 2.16. The van der Waals surface area contributed by atoms with Crippen LogP contribution in [0.2, 0.25) is 0 Å². The van der Waals surface area contributed by atoms with Gasteiger partial charge in [-0.3, -0.25) is 4.90 Å². The van der Waals surface area contributed by atoms with Gasteiger partial charge in [-0.2, -0.15) is 0 Å². The molecule has 1 aromatic rings. The summed E-state index contributed by atoms with van der Waals surface area (Å²) in [5.74, 6) is 0. The Balaban J connectivity index is 1.80. The fourth-order valence-electron chi connectivity index (χ4n) is 2.17. The highest BCUT2D eigenvalue weighted by atomic mass is 32.1. The standard InChI is InChI=1S/C13H21NOS/c1-2-14(11-13-7-5-9-16-13)10-12-6-3-4-8-15-12/h5,7,9,12H,2-4,6,8,10-11H2,1H3. The van der Waals surface area contributed by atoms with E-state index in [-0.39, 0.29) is 0 Å². The summed E-state index contributed by atoms with van der Waals surface area (Å²) in [4.78, 5) is 3.94. The normalized spacial score (nSPS) is 21.5. The van der Waals surface area contributed by atoms with E-state index < -0.39 is 0 Å². The number of hydrogen-bond acceptors (Lipinski definition) is 3. The van der Waals surface area contributed by atoms with E-state index in [9.17, 15) is 0 Å². The molecule has 1 aliphatic heterocycles. The van der Waals surface area contributed by atoms with Crippen molar-refractivity contribution in [1.29, 1.82) is 0 Å². The molecule has 0 radical (unpaired) electrons. The van der Waals surface area contributed by atoms with E-state index in [1.165, 1.54) is 24.1 Å². The Hall–Kier alpha value is -0.380. The van der Waals surface area contributed by atoms with Crippen molar-refractivity contribution in [2.45, 2.75) is 38.8 Å². The minimum atomic E-state index is 0.466. The Morgan fingerprint density at radius 3 is 3.06 bits per heavy atom. The Morgan fingerprint density at radius 1 is 1.50 bits per heavy atom. The SMILES string of the molecule is CCN(Cc1cccs1)CC1CCCCO1. The van der Waals surface area contributed by atoms with Crippen LogP contribution in [-0.2, 0) is 11.3 Å². The first kappa shape index (κ1) is 12.1. The lowest BCUT2D eigenvalue weighted by Crippen LogP contribution is -2.35. The molecular weight excluding hydrogens is 218 g/mol. The minimum absolute atomic E-state index is 0.466. The van der Waals surface area contributed by atoms with Crippen LogP contribution < -0.4 is 0 Å². The van der Waals surface area contributed by atoms with Gasteiger partial charge in [-0.1, -0.05) is 13.0 Å². The molecule has 0 aliphatic carbocycles. The molecule has 0 bridgehead atoms. The van der Waals surface area contributed by atoms with Crippen LogP contribution in [0, 0.1) is 0 Å². The largest absolute Gasteiger partial charge is 0.377 e. The number of rotatable bonds is 5. The van der Waals surface area contributed by atoms with Crippen LogP contribution in [0.5, 0.6) is 0 Å². The van der Waals surface area contributed by atoms with Crippen molar-refractivity contribution in [3.05, 3.63) is 22.4 Å². The summed E-state index contributed by atoms with van der Waals surface area (Å²) in [7, 11) is 0. The fourth-order valence-corrected chi connectivity index (χ4v) is 2.91. The number of likely N-dealkylation sites (N-methyl/N-ethyl adjacent to an activating group) is 1. The molecule has 1 unspecified atom stereocenters. The van der Waals surface area contributed by atoms with Gasteiger partial charge in [-0.15, -0.1) is 11.3 Å². The van der Waals surface area contributed by atoms with Crippen LogP contribution >= 0.6 is 11.3 Å². The van der Waals surface area contributed by atoms with Gasteiger partial charge < -0.3 is 4.74 Å². The summed E-state index contributed by atoms with van der Waals surface area (Å²) >= 11 is 1.85. The van der Waals surface area contributed by atoms with E-state index in [0.29, 0.717) is 6.10 Å². The number of nitrogens with zero attached hydrogens (tertiary/aromatic N) is 1. The van der Waals surface area contributed by atoms with E-state index in [1.807, 2.05) is 11.3 Å². The summed E-state index contributed by atoms with van der Waals surface area (Å²) in [5.41, 5.74) is 0. The quantitative estimate of drug-likeness (QED) is 0.782. The van der Waals surface area contributed by atoms with Gasteiger partial charge in [0.25, 0.3) is 0 Å². The summed E-state index contributed by atoms with van der Waals surface area (Å²) in [6.45, 7) is 6.47. The lowest BCUT2D eigenvalue weighted by molar-refractivity contribution is -0.00608. The predicted octanol–water partition coefficient (Wildman–Crippen LogP) is 3.14. The average molecular weight is 239 g/mol. The molecule has 1 aliphatic rings. The monoisotopic (exact) mass is 239 g/mol. The first-order valence-corrected chi connectivity index (χ1v) is 7.13. The third-order valence-corrected chi connectivity index (χ3v) is 4.00. The van der Waals surface area contributed by atoms with Gasteiger partial charge in [0.1, 0.15) is 0 Å². The summed E-state index contributed by atoms with van der Waals surface area (Å²) < 4.78 is 5.79. The summed E-state index contributed by atoms with van der Waals surface area (Å²) in [6.07, 6.45) is 4.28. The second kappa shape index (κ2) is 6.38. The molecule has 16 heavy (non-hydrogen) atoms. The molecule has 0 spiro atoms. The fraction of sp³-hybridized carbons (Fsp3) is 0.692. The smallest absolute Gasteiger partial charge is 0.0702 e. The van der Waals surface area contributed by atoms with Gasteiger partial charge in [-0.05, 0) is 37.3 Å². The molecule has 2 heterocycles. The molecule has 1 fully saturated rings. The molecule has 90 valence electrons. The molecule has 2 nitrogen and oxygen atoms in total. The first-order chi connectivity index (χ1) is 7.88. The highest BCUT2D eigenvalue weighted by Gasteiger charge is 2.17. The van der Waals surface area contributed by atoms with Crippen LogP contribution in [0.25, 0.3) is 0 Å². The van der Waals surface area contributed by atoms with Gasteiger partial charge in [0.2, 0.25) is 0 Å². The van der Waals surface area contributed by atoms with E-state index in [2.05, 4.69) is 29.3 Å². The third-order valence-electron chi connectivity index (χ3n) is 3.14. The zero-order valence-electron chi connectivity index (χ0n) is 10.0. The van der Waals surface area contributed by atoms with Gasteiger partial charge in [0, 0.05) is 24.6 Å².